The second kappa shape index (κ2) is 6.88. The van der Waals surface area contributed by atoms with Gasteiger partial charge in [-0.2, -0.15) is 0 Å². The SMILES string of the molecule is CCO[C@@H](C)SC[C@@H](O)c1ccccc1. The maximum absolute atomic E-state index is 9.86. The van der Waals surface area contributed by atoms with E-state index in [1.54, 1.807) is 11.8 Å². The Morgan fingerprint density at radius 1 is 1.33 bits per heavy atom. The van der Waals surface area contributed by atoms with Crippen molar-refractivity contribution in [2.45, 2.75) is 25.4 Å². The van der Waals surface area contributed by atoms with Gasteiger partial charge in [-0.1, -0.05) is 30.3 Å². The molecule has 0 bridgehead atoms. The summed E-state index contributed by atoms with van der Waals surface area (Å²) in [4.78, 5) is 0. The van der Waals surface area contributed by atoms with Crippen LogP contribution in [0.1, 0.15) is 25.5 Å². The quantitative estimate of drug-likeness (QED) is 0.756. The molecule has 1 N–H and O–H groups in total. The molecule has 15 heavy (non-hydrogen) atoms. The minimum Gasteiger partial charge on any atom is -0.388 e. The molecule has 0 heterocycles. The predicted molar refractivity (Wildman–Crippen MR) is 64.9 cm³/mol. The molecule has 0 aliphatic heterocycles. The lowest BCUT2D eigenvalue weighted by molar-refractivity contribution is 0.135. The largest absolute Gasteiger partial charge is 0.388 e. The molecule has 0 amide bonds. The van der Waals surface area contributed by atoms with Crippen LogP contribution in [-0.4, -0.2) is 22.9 Å². The molecule has 0 radical (unpaired) electrons. The summed E-state index contributed by atoms with van der Waals surface area (Å²) in [6, 6.07) is 9.71. The van der Waals surface area contributed by atoms with Gasteiger partial charge in [-0.25, -0.2) is 0 Å². The molecule has 1 aromatic carbocycles. The number of aliphatic hydroxyl groups excluding tert-OH is 1. The minimum absolute atomic E-state index is 0.147. The Morgan fingerprint density at radius 2 is 2.00 bits per heavy atom. The van der Waals surface area contributed by atoms with E-state index in [0.29, 0.717) is 5.75 Å². The number of aliphatic hydroxyl groups is 1. The summed E-state index contributed by atoms with van der Waals surface area (Å²) in [7, 11) is 0. The van der Waals surface area contributed by atoms with Crippen LogP contribution in [0.5, 0.6) is 0 Å². The summed E-state index contributed by atoms with van der Waals surface area (Å²) in [5.41, 5.74) is 1.11. The van der Waals surface area contributed by atoms with Gasteiger partial charge in [0.25, 0.3) is 0 Å². The lowest BCUT2D eigenvalue weighted by atomic mass is 10.1. The average Bonchev–Trinajstić information content (AvgIpc) is 2.27. The second-order valence-electron chi connectivity index (χ2n) is 3.28. The van der Waals surface area contributed by atoms with Crippen molar-refractivity contribution in [1.29, 1.82) is 0 Å². The highest BCUT2D eigenvalue weighted by Gasteiger charge is 2.09. The van der Waals surface area contributed by atoms with E-state index in [9.17, 15) is 5.11 Å². The first kappa shape index (κ1) is 12.6. The van der Waals surface area contributed by atoms with Gasteiger partial charge in [0.05, 0.1) is 11.5 Å². The van der Waals surface area contributed by atoms with Gasteiger partial charge in [0, 0.05) is 12.4 Å². The van der Waals surface area contributed by atoms with Gasteiger partial charge >= 0.3 is 0 Å². The lowest BCUT2D eigenvalue weighted by Gasteiger charge is -2.14. The van der Waals surface area contributed by atoms with Crippen LogP contribution < -0.4 is 0 Å². The average molecular weight is 226 g/mol. The number of hydrogen-bond donors (Lipinski definition) is 1. The van der Waals surface area contributed by atoms with E-state index in [1.165, 1.54) is 0 Å². The van der Waals surface area contributed by atoms with Crippen LogP contribution >= 0.6 is 11.8 Å². The van der Waals surface area contributed by atoms with Crippen LogP contribution in [0.3, 0.4) is 0 Å². The Hall–Kier alpha value is -0.510. The molecule has 0 aromatic heterocycles. The summed E-state index contributed by atoms with van der Waals surface area (Å²) in [5.74, 6) is 0.672. The Morgan fingerprint density at radius 3 is 2.60 bits per heavy atom. The Balaban J connectivity index is 2.33. The third kappa shape index (κ3) is 4.69. The molecule has 0 saturated carbocycles. The number of benzene rings is 1. The van der Waals surface area contributed by atoms with Crippen molar-refractivity contribution in [3.63, 3.8) is 0 Å². The molecule has 0 aliphatic carbocycles. The number of ether oxygens (including phenoxy) is 1. The molecule has 1 rings (SSSR count). The van der Waals surface area contributed by atoms with Crippen LogP contribution in [0, 0.1) is 0 Å². The topological polar surface area (TPSA) is 29.5 Å². The first-order valence-electron chi connectivity index (χ1n) is 5.20. The highest BCUT2D eigenvalue weighted by molar-refractivity contribution is 7.99. The van der Waals surface area contributed by atoms with E-state index >= 15 is 0 Å². The van der Waals surface area contributed by atoms with Crippen LogP contribution in [0.4, 0.5) is 0 Å². The monoisotopic (exact) mass is 226 g/mol. The first-order valence-corrected chi connectivity index (χ1v) is 6.25. The minimum atomic E-state index is -0.404. The van der Waals surface area contributed by atoms with Gasteiger partial charge < -0.3 is 9.84 Å². The zero-order valence-electron chi connectivity index (χ0n) is 9.22. The molecule has 0 aliphatic rings. The first-order chi connectivity index (χ1) is 7.24. The Kier molecular flexibility index (Phi) is 5.76. The summed E-state index contributed by atoms with van der Waals surface area (Å²) in [6.45, 7) is 4.70. The smallest absolute Gasteiger partial charge is 0.1000 e. The van der Waals surface area contributed by atoms with Crippen LogP contribution in [-0.2, 0) is 4.74 Å². The van der Waals surface area contributed by atoms with Gasteiger partial charge in [0.1, 0.15) is 0 Å². The number of hydrogen-bond acceptors (Lipinski definition) is 3. The summed E-state index contributed by atoms with van der Waals surface area (Å²) < 4.78 is 5.38. The normalized spacial score (nSPS) is 14.9. The van der Waals surface area contributed by atoms with E-state index in [4.69, 9.17) is 4.74 Å². The number of rotatable bonds is 6. The molecule has 2 nitrogen and oxygen atoms in total. The summed E-state index contributed by atoms with van der Waals surface area (Å²) >= 11 is 1.63. The molecule has 1 aromatic rings. The molecule has 0 saturated heterocycles. The molecule has 0 fully saturated rings. The zero-order chi connectivity index (χ0) is 11.1. The molecular weight excluding hydrogens is 208 g/mol. The van der Waals surface area contributed by atoms with E-state index < -0.39 is 6.10 Å². The van der Waals surface area contributed by atoms with Crippen molar-refractivity contribution < 1.29 is 9.84 Å². The van der Waals surface area contributed by atoms with Gasteiger partial charge in [0.2, 0.25) is 0 Å². The molecule has 84 valence electrons. The predicted octanol–water partition coefficient (Wildman–Crippen LogP) is 2.84. The standard InChI is InChI=1S/C12H18O2S/c1-3-14-10(2)15-9-12(13)11-7-5-4-6-8-11/h4-8,10,12-13H,3,9H2,1-2H3/t10-,12-/m1/s1. The van der Waals surface area contributed by atoms with Crippen LogP contribution in [0.25, 0.3) is 0 Å². The van der Waals surface area contributed by atoms with Crippen molar-refractivity contribution in [2.75, 3.05) is 12.4 Å². The summed E-state index contributed by atoms with van der Waals surface area (Å²) in [5, 5.41) is 9.86. The Bertz CT molecular complexity index is 264. The van der Waals surface area contributed by atoms with Crippen molar-refractivity contribution >= 4 is 11.8 Å². The molecular formula is C12H18O2S. The van der Waals surface area contributed by atoms with E-state index in [-0.39, 0.29) is 5.44 Å². The maximum atomic E-state index is 9.86. The molecule has 3 heteroatoms. The fraction of sp³-hybridized carbons (Fsp3) is 0.500. The highest BCUT2D eigenvalue weighted by Crippen LogP contribution is 2.21. The fourth-order valence-corrected chi connectivity index (χ4v) is 2.16. The second-order valence-corrected chi connectivity index (χ2v) is 4.61. The van der Waals surface area contributed by atoms with Gasteiger partial charge in [-0.3, -0.25) is 0 Å². The molecule has 0 unspecified atom stereocenters. The molecule has 2 atom stereocenters. The number of thioether (sulfide) groups is 1. The van der Waals surface area contributed by atoms with Crippen molar-refractivity contribution in [3.05, 3.63) is 35.9 Å². The third-order valence-electron chi connectivity index (χ3n) is 2.07. The maximum Gasteiger partial charge on any atom is 0.1000 e. The fourth-order valence-electron chi connectivity index (χ4n) is 1.28. The van der Waals surface area contributed by atoms with Crippen LogP contribution in [0.2, 0.25) is 0 Å². The van der Waals surface area contributed by atoms with Gasteiger partial charge in [0.15, 0.2) is 0 Å². The van der Waals surface area contributed by atoms with Crippen molar-refractivity contribution in [1.82, 2.24) is 0 Å². The van der Waals surface area contributed by atoms with E-state index in [0.717, 1.165) is 12.2 Å². The Labute approximate surface area is 95.7 Å². The lowest BCUT2D eigenvalue weighted by Crippen LogP contribution is -2.08. The summed E-state index contributed by atoms with van der Waals surface area (Å²) in [6.07, 6.45) is -0.404. The molecule has 0 spiro atoms. The van der Waals surface area contributed by atoms with Crippen LogP contribution in [0.15, 0.2) is 30.3 Å². The van der Waals surface area contributed by atoms with Gasteiger partial charge in [-0.15, -0.1) is 11.8 Å². The zero-order valence-corrected chi connectivity index (χ0v) is 10.0. The third-order valence-corrected chi connectivity index (χ3v) is 3.19. The highest BCUT2D eigenvalue weighted by atomic mass is 32.2. The van der Waals surface area contributed by atoms with Crippen molar-refractivity contribution in [3.8, 4) is 0 Å². The van der Waals surface area contributed by atoms with Gasteiger partial charge in [-0.05, 0) is 19.4 Å². The van der Waals surface area contributed by atoms with E-state index in [1.807, 2.05) is 44.2 Å². The van der Waals surface area contributed by atoms with Crippen molar-refractivity contribution in [2.24, 2.45) is 0 Å². The van der Waals surface area contributed by atoms with E-state index in [2.05, 4.69) is 0 Å².